The van der Waals surface area contributed by atoms with Crippen molar-refractivity contribution < 1.29 is 4.79 Å². The van der Waals surface area contributed by atoms with Crippen LogP contribution in [0.5, 0.6) is 0 Å². The first-order valence-electron chi connectivity index (χ1n) is 5.57. The van der Waals surface area contributed by atoms with Gasteiger partial charge in [-0.3, -0.25) is 4.79 Å². The third-order valence-corrected chi connectivity index (χ3v) is 3.61. The number of carbonyl (C=O) groups excluding carboxylic acids is 1. The summed E-state index contributed by atoms with van der Waals surface area (Å²) in [5.74, 6) is -0.0620. The molecule has 0 aromatic carbocycles. The lowest BCUT2D eigenvalue weighted by molar-refractivity contribution is 0.0920. The van der Waals surface area contributed by atoms with Gasteiger partial charge in [-0.05, 0) is 24.8 Å². The summed E-state index contributed by atoms with van der Waals surface area (Å²) in [4.78, 5) is 15.7. The van der Waals surface area contributed by atoms with Crippen molar-refractivity contribution in [2.24, 2.45) is 5.41 Å². The fourth-order valence-corrected chi connectivity index (χ4v) is 2.51. The van der Waals surface area contributed by atoms with Crippen LogP contribution in [0, 0.1) is 5.41 Å². The van der Waals surface area contributed by atoms with Gasteiger partial charge in [0.15, 0.2) is 0 Å². The molecule has 4 nitrogen and oxygen atoms in total. The number of nitrogens with one attached hydrogen (secondary N) is 2. The third kappa shape index (κ3) is 4.72. The fourth-order valence-electron chi connectivity index (χ4n) is 1.98. The second kappa shape index (κ2) is 7.94. The number of rotatable bonds is 3. The van der Waals surface area contributed by atoms with E-state index in [2.05, 4.69) is 22.5 Å². The summed E-state index contributed by atoms with van der Waals surface area (Å²) in [5, 5.41) is 8.10. The Labute approximate surface area is 124 Å². The molecule has 1 amide bonds. The fraction of sp³-hybridized carbons (Fsp3) is 0.636. The Morgan fingerprint density at radius 3 is 2.94 bits per heavy atom. The van der Waals surface area contributed by atoms with Gasteiger partial charge < -0.3 is 10.6 Å². The lowest BCUT2D eigenvalue weighted by Crippen LogP contribution is -2.45. The minimum atomic E-state index is -0.0620. The summed E-state index contributed by atoms with van der Waals surface area (Å²) >= 11 is 1.44. The lowest BCUT2D eigenvalue weighted by Gasteiger charge is -2.34. The van der Waals surface area contributed by atoms with Crippen molar-refractivity contribution in [3.8, 4) is 0 Å². The van der Waals surface area contributed by atoms with Gasteiger partial charge in [0.25, 0.3) is 5.91 Å². The molecule has 1 saturated heterocycles. The molecule has 0 spiro atoms. The van der Waals surface area contributed by atoms with Crippen LogP contribution in [0.1, 0.15) is 30.3 Å². The molecule has 0 aliphatic carbocycles. The van der Waals surface area contributed by atoms with E-state index >= 15 is 0 Å². The molecular weight excluding hydrogens is 293 g/mol. The van der Waals surface area contributed by atoms with Gasteiger partial charge >= 0.3 is 0 Å². The Hall–Kier alpha value is -0.360. The van der Waals surface area contributed by atoms with E-state index in [4.69, 9.17) is 0 Å². The van der Waals surface area contributed by atoms with Crippen molar-refractivity contribution in [2.45, 2.75) is 19.8 Å². The zero-order valence-corrected chi connectivity index (χ0v) is 12.7. The molecule has 1 unspecified atom stereocenters. The molecule has 7 heteroatoms. The molecular formula is C11H19Cl2N3OS. The van der Waals surface area contributed by atoms with E-state index in [1.54, 1.807) is 10.9 Å². The van der Waals surface area contributed by atoms with Crippen LogP contribution in [0.15, 0.2) is 10.9 Å². The van der Waals surface area contributed by atoms with Crippen molar-refractivity contribution in [3.05, 3.63) is 16.6 Å². The van der Waals surface area contributed by atoms with Crippen LogP contribution in [0.2, 0.25) is 0 Å². The highest BCUT2D eigenvalue weighted by molar-refractivity contribution is 7.07. The Morgan fingerprint density at radius 2 is 2.39 bits per heavy atom. The van der Waals surface area contributed by atoms with E-state index in [1.807, 2.05) is 0 Å². The van der Waals surface area contributed by atoms with Crippen LogP contribution in [-0.4, -0.2) is 30.5 Å². The zero-order chi connectivity index (χ0) is 11.4. The molecule has 0 saturated carbocycles. The van der Waals surface area contributed by atoms with E-state index in [0.29, 0.717) is 5.69 Å². The quantitative estimate of drug-likeness (QED) is 0.899. The van der Waals surface area contributed by atoms with E-state index in [1.165, 1.54) is 17.8 Å². The highest BCUT2D eigenvalue weighted by Crippen LogP contribution is 2.24. The molecule has 2 heterocycles. The Balaban J connectivity index is 0.00000144. The van der Waals surface area contributed by atoms with E-state index in [-0.39, 0.29) is 36.1 Å². The molecule has 1 fully saturated rings. The summed E-state index contributed by atoms with van der Waals surface area (Å²) in [6.45, 7) is 5.00. The molecule has 1 aliphatic heterocycles. The number of amides is 1. The number of aromatic nitrogens is 1. The monoisotopic (exact) mass is 311 g/mol. The van der Waals surface area contributed by atoms with Gasteiger partial charge in [-0.1, -0.05) is 6.92 Å². The van der Waals surface area contributed by atoms with Gasteiger partial charge in [-0.2, -0.15) is 0 Å². The van der Waals surface area contributed by atoms with Crippen LogP contribution >= 0.6 is 36.2 Å². The molecule has 1 aliphatic rings. The molecule has 18 heavy (non-hydrogen) atoms. The number of halogens is 2. The van der Waals surface area contributed by atoms with Crippen molar-refractivity contribution >= 4 is 42.1 Å². The first-order valence-corrected chi connectivity index (χ1v) is 6.51. The topological polar surface area (TPSA) is 54.0 Å². The molecule has 104 valence electrons. The predicted molar refractivity (Wildman–Crippen MR) is 79.2 cm³/mol. The van der Waals surface area contributed by atoms with Crippen LogP contribution in [-0.2, 0) is 0 Å². The van der Waals surface area contributed by atoms with Crippen molar-refractivity contribution in [1.29, 1.82) is 0 Å². The van der Waals surface area contributed by atoms with Gasteiger partial charge in [0.1, 0.15) is 5.69 Å². The van der Waals surface area contributed by atoms with Gasteiger partial charge in [0.05, 0.1) is 5.51 Å². The summed E-state index contributed by atoms with van der Waals surface area (Å²) in [5.41, 5.74) is 2.39. The van der Waals surface area contributed by atoms with Crippen LogP contribution in [0.25, 0.3) is 0 Å². The Kier molecular flexibility index (Phi) is 7.78. The number of hydrogen-bond acceptors (Lipinski definition) is 4. The first kappa shape index (κ1) is 17.6. The minimum Gasteiger partial charge on any atom is -0.350 e. The van der Waals surface area contributed by atoms with Gasteiger partial charge in [0.2, 0.25) is 0 Å². The number of nitrogens with zero attached hydrogens (tertiary/aromatic N) is 1. The number of hydrogen-bond donors (Lipinski definition) is 2. The molecule has 2 N–H and O–H groups in total. The Bertz CT molecular complexity index is 353. The molecule has 1 aromatic rings. The maximum atomic E-state index is 11.7. The van der Waals surface area contributed by atoms with E-state index in [9.17, 15) is 4.79 Å². The summed E-state index contributed by atoms with van der Waals surface area (Å²) in [6, 6.07) is 0. The standard InChI is InChI=1S/C11H17N3OS.2ClH/c1-11(3-2-4-12-6-11)7-13-10(15)9-5-16-8-14-9;;/h5,8,12H,2-4,6-7H2,1H3,(H,13,15);2*1H. The van der Waals surface area contributed by atoms with Crippen molar-refractivity contribution in [1.82, 2.24) is 15.6 Å². The normalized spacial score (nSPS) is 22.5. The lowest BCUT2D eigenvalue weighted by atomic mass is 9.83. The molecule has 1 atom stereocenters. The maximum Gasteiger partial charge on any atom is 0.270 e. The molecule has 1 aromatic heterocycles. The second-order valence-electron chi connectivity index (χ2n) is 4.65. The molecule has 0 radical (unpaired) electrons. The average Bonchev–Trinajstić information content (AvgIpc) is 2.80. The van der Waals surface area contributed by atoms with Gasteiger partial charge in [-0.15, -0.1) is 36.2 Å². The van der Waals surface area contributed by atoms with Crippen LogP contribution < -0.4 is 10.6 Å². The maximum absolute atomic E-state index is 11.7. The van der Waals surface area contributed by atoms with Crippen LogP contribution in [0.3, 0.4) is 0 Å². The number of piperidine rings is 1. The molecule has 2 rings (SSSR count). The van der Waals surface area contributed by atoms with Crippen molar-refractivity contribution in [2.75, 3.05) is 19.6 Å². The first-order chi connectivity index (χ1) is 7.70. The van der Waals surface area contributed by atoms with Gasteiger partial charge in [-0.25, -0.2) is 4.98 Å². The van der Waals surface area contributed by atoms with E-state index in [0.717, 1.165) is 26.1 Å². The predicted octanol–water partition coefficient (Wildman–Crippen LogP) is 2.11. The second-order valence-corrected chi connectivity index (χ2v) is 5.37. The highest BCUT2D eigenvalue weighted by Gasteiger charge is 2.27. The smallest absolute Gasteiger partial charge is 0.270 e. The zero-order valence-electron chi connectivity index (χ0n) is 10.3. The van der Waals surface area contributed by atoms with E-state index < -0.39 is 0 Å². The number of carbonyl (C=O) groups is 1. The summed E-state index contributed by atoms with van der Waals surface area (Å²) in [7, 11) is 0. The van der Waals surface area contributed by atoms with Crippen LogP contribution in [0.4, 0.5) is 0 Å². The third-order valence-electron chi connectivity index (χ3n) is 3.03. The SMILES string of the molecule is CC1(CNC(=O)c2cscn2)CCCNC1.Cl.Cl. The average molecular weight is 312 g/mol. The van der Waals surface area contributed by atoms with Gasteiger partial charge in [0, 0.05) is 18.5 Å². The highest BCUT2D eigenvalue weighted by atomic mass is 35.5. The minimum absolute atomic E-state index is 0. The summed E-state index contributed by atoms with van der Waals surface area (Å²) < 4.78 is 0. The number of thiazole rings is 1. The Morgan fingerprint density at radius 1 is 1.61 bits per heavy atom. The largest absolute Gasteiger partial charge is 0.350 e. The van der Waals surface area contributed by atoms with Crippen molar-refractivity contribution in [3.63, 3.8) is 0 Å². The molecule has 0 bridgehead atoms. The summed E-state index contributed by atoms with van der Waals surface area (Å²) in [6.07, 6.45) is 2.35.